The second-order valence-corrected chi connectivity index (χ2v) is 5.16. The molecule has 0 aliphatic carbocycles. The molecule has 0 radical (unpaired) electrons. The van der Waals surface area contributed by atoms with Crippen molar-refractivity contribution in [1.82, 2.24) is 0 Å². The number of rotatable bonds is 13. The number of unbranched alkanes of at least 4 members (excludes halogenated alkanes) is 7. The SMILES string of the molecule is CC=CC(=O)OCCCCCCCCCCOC(=O)C=CC. The van der Waals surface area contributed by atoms with Crippen molar-refractivity contribution in [2.45, 2.75) is 65.2 Å². The molecule has 0 aliphatic rings. The fourth-order valence-corrected chi connectivity index (χ4v) is 1.98. The molecule has 0 aromatic rings. The van der Waals surface area contributed by atoms with Crippen LogP contribution in [0.1, 0.15) is 65.2 Å². The van der Waals surface area contributed by atoms with Crippen LogP contribution in [0.4, 0.5) is 0 Å². The summed E-state index contributed by atoms with van der Waals surface area (Å²) in [5.41, 5.74) is 0. The summed E-state index contributed by atoms with van der Waals surface area (Å²) >= 11 is 0. The Kier molecular flexibility index (Phi) is 14.7. The minimum atomic E-state index is -0.252. The molecule has 0 fully saturated rings. The van der Waals surface area contributed by atoms with E-state index >= 15 is 0 Å². The van der Waals surface area contributed by atoms with Gasteiger partial charge in [-0.15, -0.1) is 0 Å². The lowest BCUT2D eigenvalue weighted by atomic mass is 10.1. The minimum absolute atomic E-state index is 0.252. The highest BCUT2D eigenvalue weighted by atomic mass is 16.5. The van der Waals surface area contributed by atoms with Gasteiger partial charge in [-0.1, -0.05) is 50.7 Å². The molecular formula is C18H30O4. The molecule has 0 bridgehead atoms. The number of ether oxygens (including phenoxy) is 2. The Labute approximate surface area is 134 Å². The fraction of sp³-hybridized carbons (Fsp3) is 0.667. The van der Waals surface area contributed by atoms with Crippen LogP contribution in [0.5, 0.6) is 0 Å². The van der Waals surface area contributed by atoms with Gasteiger partial charge in [0.1, 0.15) is 0 Å². The van der Waals surface area contributed by atoms with Gasteiger partial charge < -0.3 is 9.47 Å². The molecule has 0 N–H and O–H groups in total. The van der Waals surface area contributed by atoms with Crippen molar-refractivity contribution >= 4 is 11.9 Å². The third-order valence-corrected chi connectivity index (χ3v) is 3.13. The zero-order valence-corrected chi connectivity index (χ0v) is 14.0. The molecule has 0 aliphatic heterocycles. The van der Waals surface area contributed by atoms with Crippen molar-refractivity contribution in [3.63, 3.8) is 0 Å². The summed E-state index contributed by atoms with van der Waals surface area (Å²) in [6.07, 6.45) is 15.1. The molecule has 126 valence electrons. The van der Waals surface area contributed by atoms with Crippen LogP contribution in [0, 0.1) is 0 Å². The van der Waals surface area contributed by atoms with Crippen molar-refractivity contribution in [2.24, 2.45) is 0 Å². The van der Waals surface area contributed by atoms with Crippen LogP contribution in [0.25, 0.3) is 0 Å². The van der Waals surface area contributed by atoms with Gasteiger partial charge in [0.15, 0.2) is 0 Å². The second-order valence-electron chi connectivity index (χ2n) is 5.16. The van der Waals surface area contributed by atoms with E-state index in [-0.39, 0.29) is 11.9 Å². The van der Waals surface area contributed by atoms with E-state index in [0.29, 0.717) is 13.2 Å². The molecule has 0 amide bonds. The Morgan fingerprint density at radius 2 is 0.955 bits per heavy atom. The summed E-state index contributed by atoms with van der Waals surface area (Å²) in [6, 6.07) is 0. The van der Waals surface area contributed by atoms with E-state index in [4.69, 9.17) is 9.47 Å². The van der Waals surface area contributed by atoms with Crippen LogP contribution in [0.3, 0.4) is 0 Å². The molecule has 0 aromatic heterocycles. The number of carbonyl (C=O) groups is 2. The predicted octanol–water partition coefficient (Wildman–Crippen LogP) is 4.35. The summed E-state index contributed by atoms with van der Waals surface area (Å²) < 4.78 is 10.0. The smallest absolute Gasteiger partial charge is 0.330 e. The zero-order valence-electron chi connectivity index (χ0n) is 14.0. The van der Waals surface area contributed by atoms with E-state index in [9.17, 15) is 9.59 Å². The summed E-state index contributed by atoms with van der Waals surface area (Å²) in [4.78, 5) is 22.1. The molecule has 0 aromatic carbocycles. The lowest BCUT2D eigenvalue weighted by Gasteiger charge is -2.04. The first kappa shape index (κ1) is 20.4. The van der Waals surface area contributed by atoms with Gasteiger partial charge in [-0.3, -0.25) is 0 Å². The lowest BCUT2D eigenvalue weighted by molar-refractivity contribution is -0.138. The van der Waals surface area contributed by atoms with Crippen molar-refractivity contribution in [2.75, 3.05) is 13.2 Å². The normalized spacial score (nSPS) is 11.2. The van der Waals surface area contributed by atoms with E-state index < -0.39 is 0 Å². The Morgan fingerprint density at radius 3 is 1.27 bits per heavy atom. The average Bonchev–Trinajstić information content (AvgIpc) is 2.49. The maximum absolute atomic E-state index is 11.0. The maximum atomic E-state index is 11.0. The highest BCUT2D eigenvalue weighted by Gasteiger charge is 1.97. The minimum Gasteiger partial charge on any atom is -0.463 e. The third kappa shape index (κ3) is 14.8. The number of allylic oxidation sites excluding steroid dienone is 2. The largest absolute Gasteiger partial charge is 0.463 e. The van der Waals surface area contributed by atoms with Crippen LogP contribution in [0.2, 0.25) is 0 Å². The third-order valence-electron chi connectivity index (χ3n) is 3.13. The Hall–Kier alpha value is -1.58. The molecule has 4 heteroatoms. The van der Waals surface area contributed by atoms with Crippen LogP contribution < -0.4 is 0 Å². The molecule has 0 atom stereocenters. The fourth-order valence-electron chi connectivity index (χ4n) is 1.98. The first-order valence-electron chi connectivity index (χ1n) is 8.29. The van der Waals surface area contributed by atoms with Gasteiger partial charge in [-0.05, 0) is 26.7 Å². The predicted molar refractivity (Wildman–Crippen MR) is 88.5 cm³/mol. The standard InChI is InChI=1S/C18H30O4/c1-3-13-17(19)21-15-11-9-7-5-6-8-10-12-16-22-18(20)14-4-2/h3-4,13-14H,5-12,15-16H2,1-2H3. The molecular weight excluding hydrogens is 280 g/mol. The van der Waals surface area contributed by atoms with Crippen LogP contribution in [-0.4, -0.2) is 25.2 Å². The lowest BCUT2D eigenvalue weighted by Crippen LogP contribution is -2.02. The highest BCUT2D eigenvalue weighted by molar-refractivity contribution is 5.82. The summed E-state index contributed by atoms with van der Waals surface area (Å²) in [6.45, 7) is 4.63. The van der Waals surface area contributed by atoms with Crippen molar-refractivity contribution < 1.29 is 19.1 Å². The Balaban J connectivity index is 3.17. The molecule has 22 heavy (non-hydrogen) atoms. The van der Waals surface area contributed by atoms with Crippen LogP contribution in [-0.2, 0) is 19.1 Å². The maximum Gasteiger partial charge on any atom is 0.330 e. The quantitative estimate of drug-likeness (QED) is 0.288. The Morgan fingerprint density at radius 1 is 0.636 bits per heavy atom. The number of esters is 2. The second kappa shape index (κ2) is 15.8. The van der Waals surface area contributed by atoms with E-state index in [1.165, 1.54) is 37.8 Å². The van der Waals surface area contributed by atoms with Gasteiger partial charge in [-0.25, -0.2) is 9.59 Å². The topological polar surface area (TPSA) is 52.6 Å². The van der Waals surface area contributed by atoms with Gasteiger partial charge in [0.05, 0.1) is 13.2 Å². The van der Waals surface area contributed by atoms with Gasteiger partial charge in [0, 0.05) is 12.2 Å². The molecule has 0 saturated carbocycles. The molecule has 4 nitrogen and oxygen atoms in total. The van der Waals surface area contributed by atoms with E-state index in [2.05, 4.69) is 0 Å². The van der Waals surface area contributed by atoms with Crippen molar-refractivity contribution in [1.29, 1.82) is 0 Å². The van der Waals surface area contributed by atoms with E-state index in [1.54, 1.807) is 26.0 Å². The average molecular weight is 310 g/mol. The highest BCUT2D eigenvalue weighted by Crippen LogP contribution is 2.09. The summed E-state index contributed by atoms with van der Waals surface area (Å²) in [5, 5.41) is 0. The van der Waals surface area contributed by atoms with E-state index in [0.717, 1.165) is 25.7 Å². The van der Waals surface area contributed by atoms with Gasteiger partial charge in [-0.2, -0.15) is 0 Å². The van der Waals surface area contributed by atoms with E-state index in [1.807, 2.05) is 0 Å². The Bertz CT molecular complexity index is 311. The van der Waals surface area contributed by atoms with Crippen LogP contribution in [0.15, 0.2) is 24.3 Å². The monoisotopic (exact) mass is 310 g/mol. The first-order chi connectivity index (χ1) is 10.7. The van der Waals surface area contributed by atoms with Gasteiger partial charge in [0.2, 0.25) is 0 Å². The number of hydrogen-bond acceptors (Lipinski definition) is 4. The van der Waals surface area contributed by atoms with Crippen LogP contribution >= 0.6 is 0 Å². The summed E-state index contributed by atoms with van der Waals surface area (Å²) in [7, 11) is 0. The molecule has 0 rings (SSSR count). The molecule has 0 unspecified atom stereocenters. The van der Waals surface area contributed by atoms with Crippen molar-refractivity contribution in [3.05, 3.63) is 24.3 Å². The first-order valence-corrected chi connectivity index (χ1v) is 8.29. The molecule has 0 heterocycles. The van der Waals surface area contributed by atoms with Crippen molar-refractivity contribution in [3.8, 4) is 0 Å². The zero-order chi connectivity index (χ0) is 16.5. The van der Waals surface area contributed by atoms with Gasteiger partial charge >= 0.3 is 11.9 Å². The number of hydrogen-bond donors (Lipinski definition) is 0. The molecule has 0 saturated heterocycles. The number of carbonyl (C=O) groups excluding carboxylic acids is 2. The molecule has 0 spiro atoms. The van der Waals surface area contributed by atoms with Gasteiger partial charge in [0.25, 0.3) is 0 Å². The summed E-state index contributed by atoms with van der Waals surface area (Å²) in [5.74, 6) is -0.504.